The Kier molecular flexibility index (Phi) is 4.53. The van der Waals surface area contributed by atoms with Crippen molar-refractivity contribution >= 4 is 5.82 Å². The second-order valence-corrected chi connectivity index (χ2v) is 5.22. The van der Waals surface area contributed by atoms with Crippen molar-refractivity contribution in [3.05, 3.63) is 36.2 Å². The Bertz CT molecular complexity index is 640. The van der Waals surface area contributed by atoms with Crippen LogP contribution in [0.4, 0.5) is 5.82 Å². The highest BCUT2D eigenvalue weighted by molar-refractivity contribution is 5.70. The Hall–Kier alpha value is -2.14. The lowest BCUT2D eigenvalue weighted by molar-refractivity contribution is 0.122. The summed E-state index contributed by atoms with van der Waals surface area (Å²) < 4.78 is 11.1. The lowest BCUT2D eigenvalue weighted by atomic mass is 10.1. The summed E-state index contributed by atoms with van der Waals surface area (Å²) in [6.45, 7) is 7.78. The van der Waals surface area contributed by atoms with Crippen LogP contribution in [0, 0.1) is 6.92 Å². The summed E-state index contributed by atoms with van der Waals surface area (Å²) in [5.41, 5.74) is 3.20. The molecular weight excluding hydrogens is 278 g/mol. The first-order chi connectivity index (χ1) is 10.8. The van der Waals surface area contributed by atoms with Gasteiger partial charge in [0.15, 0.2) is 0 Å². The zero-order valence-electron chi connectivity index (χ0n) is 13.1. The SMILES string of the molecule is CCOc1cc(-c2cccnc2C)cc(N2CCOCC2)n1. The van der Waals surface area contributed by atoms with Crippen molar-refractivity contribution in [3.63, 3.8) is 0 Å². The zero-order valence-corrected chi connectivity index (χ0v) is 13.1. The quantitative estimate of drug-likeness (QED) is 0.868. The molecule has 22 heavy (non-hydrogen) atoms. The van der Waals surface area contributed by atoms with Crippen molar-refractivity contribution < 1.29 is 9.47 Å². The molecule has 0 atom stereocenters. The largest absolute Gasteiger partial charge is 0.478 e. The summed E-state index contributed by atoms with van der Waals surface area (Å²) in [7, 11) is 0. The van der Waals surface area contributed by atoms with Crippen LogP contribution in [0.2, 0.25) is 0 Å². The number of aryl methyl sites for hydroxylation is 1. The number of hydrogen-bond acceptors (Lipinski definition) is 5. The minimum Gasteiger partial charge on any atom is -0.478 e. The molecule has 116 valence electrons. The third kappa shape index (κ3) is 3.20. The van der Waals surface area contributed by atoms with E-state index in [-0.39, 0.29) is 0 Å². The van der Waals surface area contributed by atoms with E-state index in [2.05, 4.69) is 27.0 Å². The average molecular weight is 299 g/mol. The fourth-order valence-electron chi connectivity index (χ4n) is 2.61. The number of ether oxygens (including phenoxy) is 2. The molecular formula is C17H21N3O2. The van der Waals surface area contributed by atoms with Gasteiger partial charge in [-0.15, -0.1) is 0 Å². The fourth-order valence-corrected chi connectivity index (χ4v) is 2.61. The molecule has 0 saturated carbocycles. The van der Waals surface area contributed by atoms with Crippen LogP contribution in [0.5, 0.6) is 5.88 Å². The topological polar surface area (TPSA) is 47.5 Å². The molecule has 0 bridgehead atoms. The molecule has 1 saturated heterocycles. The van der Waals surface area contributed by atoms with Crippen LogP contribution in [-0.4, -0.2) is 42.9 Å². The van der Waals surface area contributed by atoms with Gasteiger partial charge in [-0.1, -0.05) is 6.07 Å². The van der Waals surface area contributed by atoms with E-state index in [1.165, 1.54) is 0 Å². The van der Waals surface area contributed by atoms with E-state index < -0.39 is 0 Å². The second kappa shape index (κ2) is 6.75. The van der Waals surface area contributed by atoms with E-state index in [0.29, 0.717) is 12.5 Å². The Balaban J connectivity index is 2.02. The predicted molar refractivity (Wildman–Crippen MR) is 86.4 cm³/mol. The lowest BCUT2D eigenvalue weighted by Gasteiger charge is -2.28. The van der Waals surface area contributed by atoms with Gasteiger partial charge < -0.3 is 14.4 Å². The molecule has 2 aromatic heterocycles. The van der Waals surface area contributed by atoms with Crippen LogP contribution in [0.3, 0.4) is 0 Å². The number of aromatic nitrogens is 2. The number of rotatable bonds is 4. The second-order valence-electron chi connectivity index (χ2n) is 5.22. The summed E-state index contributed by atoms with van der Waals surface area (Å²) >= 11 is 0. The highest BCUT2D eigenvalue weighted by atomic mass is 16.5. The maximum atomic E-state index is 5.65. The molecule has 0 spiro atoms. The van der Waals surface area contributed by atoms with Crippen LogP contribution in [0.25, 0.3) is 11.1 Å². The van der Waals surface area contributed by atoms with Gasteiger partial charge in [-0.2, -0.15) is 4.98 Å². The summed E-state index contributed by atoms with van der Waals surface area (Å²) in [5, 5.41) is 0. The van der Waals surface area contributed by atoms with E-state index in [9.17, 15) is 0 Å². The minimum atomic E-state index is 0.602. The third-order valence-electron chi connectivity index (χ3n) is 3.73. The predicted octanol–water partition coefficient (Wildman–Crippen LogP) is 2.69. The first-order valence-corrected chi connectivity index (χ1v) is 7.67. The molecule has 2 aromatic rings. The summed E-state index contributed by atoms with van der Waals surface area (Å²) in [6.07, 6.45) is 1.81. The molecule has 3 rings (SSSR count). The van der Waals surface area contributed by atoms with Crippen molar-refractivity contribution in [2.45, 2.75) is 13.8 Å². The zero-order chi connectivity index (χ0) is 15.4. The van der Waals surface area contributed by atoms with E-state index in [4.69, 9.17) is 9.47 Å². The molecule has 3 heterocycles. The van der Waals surface area contributed by atoms with Crippen LogP contribution in [0.1, 0.15) is 12.6 Å². The van der Waals surface area contributed by atoms with Gasteiger partial charge in [0, 0.05) is 36.6 Å². The van der Waals surface area contributed by atoms with E-state index in [0.717, 1.165) is 48.9 Å². The highest BCUT2D eigenvalue weighted by Gasteiger charge is 2.16. The molecule has 5 nitrogen and oxygen atoms in total. The van der Waals surface area contributed by atoms with Crippen molar-refractivity contribution in [3.8, 4) is 17.0 Å². The molecule has 0 radical (unpaired) electrons. The van der Waals surface area contributed by atoms with Gasteiger partial charge in [0.25, 0.3) is 0 Å². The maximum Gasteiger partial charge on any atom is 0.215 e. The van der Waals surface area contributed by atoms with Gasteiger partial charge in [-0.25, -0.2) is 0 Å². The van der Waals surface area contributed by atoms with E-state index in [1.54, 1.807) is 0 Å². The third-order valence-corrected chi connectivity index (χ3v) is 3.73. The summed E-state index contributed by atoms with van der Waals surface area (Å²) in [5.74, 6) is 1.59. The number of anilines is 1. The molecule has 1 aliphatic rings. The van der Waals surface area contributed by atoms with Gasteiger partial charge >= 0.3 is 0 Å². The Morgan fingerprint density at radius 3 is 2.82 bits per heavy atom. The lowest BCUT2D eigenvalue weighted by Crippen LogP contribution is -2.36. The maximum absolute atomic E-state index is 5.65. The highest BCUT2D eigenvalue weighted by Crippen LogP contribution is 2.29. The van der Waals surface area contributed by atoms with Crippen molar-refractivity contribution in [1.29, 1.82) is 0 Å². The first-order valence-electron chi connectivity index (χ1n) is 7.67. The number of nitrogens with zero attached hydrogens (tertiary/aromatic N) is 3. The van der Waals surface area contributed by atoms with Crippen molar-refractivity contribution in [2.24, 2.45) is 0 Å². The smallest absolute Gasteiger partial charge is 0.215 e. The molecule has 0 aromatic carbocycles. The molecule has 0 aliphatic carbocycles. The molecule has 5 heteroatoms. The van der Waals surface area contributed by atoms with Crippen molar-refractivity contribution in [2.75, 3.05) is 37.8 Å². The average Bonchev–Trinajstić information content (AvgIpc) is 2.56. The van der Waals surface area contributed by atoms with Crippen LogP contribution in [0.15, 0.2) is 30.5 Å². The molecule has 1 aliphatic heterocycles. The number of pyridine rings is 2. The molecule has 0 amide bonds. The molecule has 0 unspecified atom stereocenters. The monoisotopic (exact) mass is 299 g/mol. The summed E-state index contributed by atoms with van der Waals surface area (Å²) in [4.78, 5) is 11.2. The van der Waals surface area contributed by atoms with Gasteiger partial charge in [-0.05, 0) is 31.5 Å². The van der Waals surface area contributed by atoms with Gasteiger partial charge in [0.2, 0.25) is 5.88 Å². The van der Waals surface area contributed by atoms with Gasteiger partial charge in [-0.3, -0.25) is 4.98 Å². The Morgan fingerprint density at radius 1 is 1.27 bits per heavy atom. The van der Waals surface area contributed by atoms with Crippen LogP contribution in [-0.2, 0) is 4.74 Å². The van der Waals surface area contributed by atoms with Crippen LogP contribution < -0.4 is 9.64 Å². The Labute approximate surface area is 130 Å². The van der Waals surface area contributed by atoms with E-state index in [1.807, 2.05) is 32.2 Å². The van der Waals surface area contributed by atoms with Crippen molar-refractivity contribution in [1.82, 2.24) is 9.97 Å². The van der Waals surface area contributed by atoms with E-state index >= 15 is 0 Å². The normalized spacial score (nSPS) is 14.9. The van der Waals surface area contributed by atoms with Crippen LogP contribution >= 0.6 is 0 Å². The molecule has 0 N–H and O–H groups in total. The Morgan fingerprint density at radius 2 is 2.09 bits per heavy atom. The number of hydrogen-bond donors (Lipinski definition) is 0. The summed E-state index contributed by atoms with van der Waals surface area (Å²) in [6, 6.07) is 8.13. The first kappa shape index (κ1) is 14.8. The van der Waals surface area contributed by atoms with Gasteiger partial charge in [0.05, 0.1) is 19.8 Å². The minimum absolute atomic E-state index is 0.602. The number of morpholine rings is 1. The fraction of sp³-hybridized carbons (Fsp3) is 0.412. The van der Waals surface area contributed by atoms with Gasteiger partial charge in [0.1, 0.15) is 5.82 Å². The molecule has 1 fully saturated rings. The standard InChI is InChI=1S/C17H21N3O2/c1-3-22-17-12-14(15-5-4-6-18-13(15)2)11-16(19-17)20-7-9-21-10-8-20/h4-6,11-12H,3,7-10H2,1-2H3.